The molecule has 0 saturated heterocycles. The van der Waals surface area contributed by atoms with Gasteiger partial charge in [-0.3, -0.25) is 0 Å². The fourth-order valence-corrected chi connectivity index (χ4v) is 2.56. The third kappa shape index (κ3) is 3.25. The Labute approximate surface area is 151 Å². The first-order chi connectivity index (χ1) is 12.8. The fourth-order valence-electron chi connectivity index (χ4n) is 2.56. The SMILES string of the molecule is COC(=O)c1cnn2c(C(F)(F)F)cc(-c3ccc(OC)c(OC)c3)nc12. The number of alkyl halides is 3. The molecule has 0 aliphatic carbocycles. The molecule has 0 fully saturated rings. The molecule has 0 radical (unpaired) electrons. The number of hydrogen-bond donors (Lipinski definition) is 0. The van der Waals surface area contributed by atoms with E-state index in [2.05, 4.69) is 14.8 Å². The molecule has 0 aliphatic rings. The number of carbonyl (C=O) groups excluding carboxylic acids is 1. The summed E-state index contributed by atoms with van der Waals surface area (Å²) in [6, 6.07) is 5.42. The molecule has 142 valence electrons. The Balaban J connectivity index is 2.29. The third-order valence-corrected chi connectivity index (χ3v) is 3.85. The van der Waals surface area contributed by atoms with Gasteiger partial charge in [-0.1, -0.05) is 0 Å². The minimum Gasteiger partial charge on any atom is -0.493 e. The quantitative estimate of drug-likeness (QED) is 0.646. The summed E-state index contributed by atoms with van der Waals surface area (Å²) in [5.41, 5.74) is -1.18. The molecule has 2 heterocycles. The zero-order chi connectivity index (χ0) is 19.8. The van der Waals surface area contributed by atoms with E-state index in [9.17, 15) is 18.0 Å². The standard InChI is InChI=1S/C17H14F3N3O4/c1-25-12-5-4-9(6-13(12)26-2)11-7-14(17(18,19)20)23-15(22-11)10(8-21-23)16(24)27-3/h4-8H,1-3H3. The van der Waals surface area contributed by atoms with E-state index < -0.39 is 17.8 Å². The highest BCUT2D eigenvalue weighted by atomic mass is 19.4. The lowest BCUT2D eigenvalue weighted by molar-refractivity contribution is -0.142. The van der Waals surface area contributed by atoms with Crippen molar-refractivity contribution in [2.75, 3.05) is 21.3 Å². The molecule has 0 saturated carbocycles. The summed E-state index contributed by atoms with van der Waals surface area (Å²) >= 11 is 0. The molecule has 10 heteroatoms. The molecular weight excluding hydrogens is 367 g/mol. The topological polar surface area (TPSA) is 75.0 Å². The molecule has 3 aromatic rings. The van der Waals surface area contributed by atoms with E-state index in [-0.39, 0.29) is 16.9 Å². The van der Waals surface area contributed by atoms with Crippen LogP contribution >= 0.6 is 0 Å². The van der Waals surface area contributed by atoms with Crippen molar-refractivity contribution in [1.29, 1.82) is 0 Å². The largest absolute Gasteiger partial charge is 0.493 e. The monoisotopic (exact) mass is 381 g/mol. The second-order valence-corrected chi connectivity index (χ2v) is 5.38. The van der Waals surface area contributed by atoms with Crippen molar-refractivity contribution in [3.63, 3.8) is 0 Å². The van der Waals surface area contributed by atoms with Gasteiger partial charge in [0.15, 0.2) is 22.8 Å². The Morgan fingerprint density at radius 2 is 1.78 bits per heavy atom. The van der Waals surface area contributed by atoms with Crippen molar-refractivity contribution in [3.8, 4) is 22.8 Å². The van der Waals surface area contributed by atoms with Crippen molar-refractivity contribution in [1.82, 2.24) is 14.6 Å². The van der Waals surface area contributed by atoms with E-state index in [0.29, 0.717) is 21.6 Å². The van der Waals surface area contributed by atoms with Gasteiger partial charge in [-0.25, -0.2) is 14.3 Å². The van der Waals surface area contributed by atoms with Crippen LogP contribution in [-0.4, -0.2) is 41.9 Å². The van der Waals surface area contributed by atoms with Gasteiger partial charge in [0.1, 0.15) is 5.56 Å². The molecule has 0 bridgehead atoms. The number of halogens is 3. The third-order valence-electron chi connectivity index (χ3n) is 3.85. The molecule has 1 aromatic carbocycles. The van der Waals surface area contributed by atoms with Crippen LogP contribution in [0.1, 0.15) is 16.1 Å². The summed E-state index contributed by atoms with van der Waals surface area (Å²) in [6.07, 6.45) is -3.73. The Hall–Kier alpha value is -3.30. The van der Waals surface area contributed by atoms with Gasteiger partial charge in [0.25, 0.3) is 0 Å². The number of hydrogen-bond acceptors (Lipinski definition) is 6. The van der Waals surface area contributed by atoms with Gasteiger partial charge < -0.3 is 14.2 Å². The average molecular weight is 381 g/mol. The summed E-state index contributed by atoms with van der Waals surface area (Å²) < 4.78 is 56.0. The van der Waals surface area contributed by atoms with Gasteiger partial charge in [-0.05, 0) is 24.3 Å². The molecule has 0 atom stereocenters. The lowest BCUT2D eigenvalue weighted by Crippen LogP contribution is -2.14. The summed E-state index contributed by atoms with van der Waals surface area (Å²) in [5.74, 6) is -0.0972. The van der Waals surface area contributed by atoms with Crippen molar-refractivity contribution in [2.24, 2.45) is 0 Å². The molecule has 3 rings (SSSR count). The molecule has 0 amide bonds. The summed E-state index contributed by atoms with van der Waals surface area (Å²) in [4.78, 5) is 16.0. The highest BCUT2D eigenvalue weighted by molar-refractivity contribution is 5.95. The Morgan fingerprint density at radius 1 is 1.07 bits per heavy atom. The first-order valence-electron chi connectivity index (χ1n) is 7.56. The van der Waals surface area contributed by atoms with Crippen molar-refractivity contribution in [3.05, 3.63) is 41.7 Å². The number of esters is 1. The highest BCUT2D eigenvalue weighted by Crippen LogP contribution is 2.35. The van der Waals surface area contributed by atoms with Crippen molar-refractivity contribution < 1.29 is 32.2 Å². The van der Waals surface area contributed by atoms with Gasteiger partial charge in [-0.15, -0.1) is 0 Å². The minimum absolute atomic E-state index is 0.0126. The maximum Gasteiger partial charge on any atom is 0.433 e. The smallest absolute Gasteiger partial charge is 0.433 e. The Kier molecular flexibility index (Phi) is 4.64. The van der Waals surface area contributed by atoms with Crippen LogP contribution in [0, 0.1) is 0 Å². The number of benzene rings is 1. The van der Waals surface area contributed by atoms with Gasteiger partial charge >= 0.3 is 12.1 Å². The average Bonchev–Trinajstić information content (AvgIpc) is 3.09. The summed E-state index contributed by atoms with van der Waals surface area (Å²) in [6.45, 7) is 0. The van der Waals surface area contributed by atoms with Crippen LogP contribution in [0.25, 0.3) is 16.9 Å². The maximum atomic E-state index is 13.5. The van der Waals surface area contributed by atoms with Gasteiger partial charge in [-0.2, -0.15) is 18.3 Å². The van der Waals surface area contributed by atoms with Crippen LogP contribution in [-0.2, 0) is 10.9 Å². The maximum absolute atomic E-state index is 13.5. The van der Waals surface area contributed by atoms with Crippen molar-refractivity contribution >= 4 is 11.6 Å². The van der Waals surface area contributed by atoms with Gasteiger partial charge in [0.2, 0.25) is 0 Å². The number of rotatable bonds is 4. The van der Waals surface area contributed by atoms with E-state index in [1.807, 2.05) is 0 Å². The van der Waals surface area contributed by atoms with Crippen LogP contribution in [0.5, 0.6) is 11.5 Å². The molecule has 0 spiro atoms. The second kappa shape index (κ2) is 6.78. The minimum atomic E-state index is -4.72. The Morgan fingerprint density at radius 3 is 2.37 bits per heavy atom. The molecule has 0 aliphatic heterocycles. The molecule has 0 N–H and O–H groups in total. The molecule has 0 unspecified atom stereocenters. The number of methoxy groups -OCH3 is 3. The fraction of sp³-hybridized carbons (Fsp3) is 0.235. The molecule has 2 aromatic heterocycles. The normalized spacial score (nSPS) is 11.5. The predicted octanol–water partition coefficient (Wildman–Crippen LogP) is 3.22. The van der Waals surface area contributed by atoms with Crippen LogP contribution in [0.4, 0.5) is 13.2 Å². The van der Waals surface area contributed by atoms with E-state index in [1.54, 1.807) is 6.07 Å². The lowest BCUT2D eigenvalue weighted by atomic mass is 10.1. The van der Waals surface area contributed by atoms with Crippen LogP contribution in [0.15, 0.2) is 30.5 Å². The zero-order valence-electron chi connectivity index (χ0n) is 14.5. The first-order valence-corrected chi connectivity index (χ1v) is 7.56. The van der Waals surface area contributed by atoms with Crippen molar-refractivity contribution in [2.45, 2.75) is 6.18 Å². The molecular formula is C17H14F3N3O4. The Bertz CT molecular complexity index is 1010. The summed E-state index contributed by atoms with van der Waals surface area (Å²) in [5, 5.41) is 3.64. The lowest BCUT2D eigenvalue weighted by Gasteiger charge is -2.13. The number of aromatic nitrogens is 3. The van der Waals surface area contributed by atoms with E-state index in [0.717, 1.165) is 19.4 Å². The second-order valence-electron chi connectivity index (χ2n) is 5.38. The molecule has 7 nitrogen and oxygen atoms in total. The van der Waals surface area contributed by atoms with Crippen LogP contribution in [0.2, 0.25) is 0 Å². The van der Waals surface area contributed by atoms with Crippen LogP contribution in [0.3, 0.4) is 0 Å². The number of ether oxygens (including phenoxy) is 3. The van der Waals surface area contributed by atoms with E-state index in [4.69, 9.17) is 9.47 Å². The summed E-state index contributed by atoms with van der Waals surface area (Å²) in [7, 11) is 3.97. The van der Waals surface area contributed by atoms with Crippen LogP contribution < -0.4 is 9.47 Å². The van der Waals surface area contributed by atoms with Gasteiger partial charge in [0.05, 0.1) is 33.2 Å². The van der Waals surface area contributed by atoms with E-state index >= 15 is 0 Å². The zero-order valence-corrected chi connectivity index (χ0v) is 14.5. The van der Waals surface area contributed by atoms with Gasteiger partial charge in [0, 0.05) is 5.56 Å². The first kappa shape index (κ1) is 18.5. The van der Waals surface area contributed by atoms with E-state index in [1.165, 1.54) is 26.4 Å². The number of fused-ring (bicyclic) bond motifs is 1. The number of nitrogens with zero attached hydrogens (tertiary/aromatic N) is 3. The highest BCUT2D eigenvalue weighted by Gasteiger charge is 2.36. The predicted molar refractivity (Wildman–Crippen MR) is 87.9 cm³/mol. The molecule has 27 heavy (non-hydrogen) atoms. The number of carbonyl (C=O) groups is 1.